The molecular weight excluding hydrogens is 328 g/mol. The number of amides is 2. The highest BCUT2D eigenvalue weighted by molar-refractivity contribution is 7.13. The summed E-state index contributed by atoms with van der Waals surface area (Å²) in [5.41, 5.74) is 0. The third-order valence-corrected chi connectivity index (χ3v) is 5.20. The number of hydrogen-bond acceptors (Lipinski definition) is 5. The summed E-state index contributed by atoms with van der Waals surface area (Å²) in [4.78, 5) is 39.2. The molecule has 0 aromatic carbocycles. The number of thiophene rings is 1. The van der Waals surface area contributed by atoms with E-state index in [0.717, 1.165) is 24.1 Å². The number of aryl methyl sites for hydroxylation is 1. The van der Waals surface area contributed by atoms with Crippen molar-refractivity contribution in [3.05, 3.63) is 21.9 Å². The normalized spacial score (nSPS) is 20.5. The van der Waals surface area contributed by atoms with E-state index in [9.17, 15) is 14.4 Å². The fourth-order valence-electron chi connectivity index (χ4n) is 2.98. The van der Waals surface area contributed by atoms with Gasteiger partial charge in [-0.1, -0.05) is 0 Å². The number of carbonyl (C=O) groups excluding carboxylic acids is 3. The van der Waals surface area contributed by atoms with Gasteiger partial charge in [-0.2, -0.15) is 0 Å². The summed E-state index contributed by atoms with van der Waals surface area (Å²) in [6, 6.07) is 3.89. The molecule has 0 spiro atoms. The van der Waals surface area contributed by atoms with Crippen LogP contribution in [0.5, 0.6) is 0 Å². The Balaban J connectivity index is 1.74. The SMILES string of the molecule is Cc1ccc(C(=O)NCC(=O)OCC(=O)N2C(C)CCCC2C)s1. The van der Waals surface area contributed by atoms with Gasteiger partial charge in [0, 0.05) is 17.0 Å². The summed E-state index contributed by atoms with van der Waals surface area (Å²) in [6.07, 6.45) is 3.06. The molecule has 0 radical (unpaired) electrons. The van der Waals surface area contributed by atoms with E-state index in [2.05, 4.69) is 5.32 Å². The van der Waals surface area contributed by atoms with Crippen LogP contribution in [0.15, 0.2) is 12.1 Å². The van der Waals surface area contributed by atoms with Gasteiger partial charge in [-0.05, 0) is 52.2 Å². The molecule has 2 atom stereocenters. The molecule has 2 amide bonds. The van der Waals surface area contributed by atoms with E-state index in [1.54, 1.807) is 11.0 Å². The summed E-state index contributed by atoms with van der Waals surface area (Å²) >= 11 is 1.36. The van der Waals surface area contributed by atoms with Gasteiger partial charge in [0.1, 0.15) is 6.54 Å². The van der Waals surface area contributed by atoms with E-state index < -0.39 is 5.97 Å². The van der Waals surface area contributed by atoms with Crippen molar-refractivity contribution in [2.45, 2.75) is 52.1 Å². The van der Waals surface area contributed by atoms with Crippen LogP contribution in [0.2, 0.25) is 0 Å². The van der Waals surface area contributed by atoms with Crippen molar-refractivity contribution >= 4 is 29.1 Å². The van der Waals surface area contributed by atoms with Gasteiger partial charge in [0.15, 0.2) is 6.61 Å². The lowest BCUT2D eigenvalue weighted by Gasteiger charge is -2.38. The highest BCUT2D eigenvalue weighted by Crippen LogP contribution is 2.22. The molecule has 1 aromatic heterocycles. The van der Waals surface area contributed by atoms with Crippen LogP contribution < -0.4 is 5.32 Å². The lowest BCUT2D eigenvalue weighted by molar-refractivity contribution is -0.154. The summed E-state index contributed by atoms with van der Waals surface area (Å²) in [7, 11) is 0. The maximum atomic E-state index is 12.2. The van der Waals surface area contributed by atoms with Crippen LogP contribution in [-0.4, -0.2) is 47.9 Å². The molecule has 1 aromatic rings. The minimum Gasteiger partial charge on any atom is -0.454 e. The molecule has 0 bridgehead atoms. The number of carbonyl (C=O) groups is 3. The molecule has 2 unspecified atom stereocenters. The number of rotatable bonds is 5. The second-order valence-electron chi connectivity index (χ2n) is 6.18. The molecule has 2 heterocycles. The van der Waals surface area contributed by atoms with E-state index in [0.29, 0.717) is 4.88 Å². The highest BCUT2D eigenvalue weighted by atomic mass is 32.1. The van der Waals surface area contributed by atoms with Crippen LogP contribution in [0, 0.1) is 6.92 Å². The van der Waals surface area contributed by atoms with Crippen molar-refractivity contribution in [1.29, 1.82) is 0 Å². The Labute approximate surface area is 146 Å². The maximum absolute atomic E-state index is 12.2. The number of piperidine rings is 1. The lowest BCUT2D eigenvalue weighted by Crippen LogP contribution is -2.49. The molecule has 1 saturated heterocycles. The molecule has 7 heteroatoms. The molecule has 1 aliphatic heterocycles. The van der Waals surface area contributed by atoms with E-state index in [1.165, 1.54) is 11.3 Å². The smallest absolute Gasteiger partial charge is 0.325 e. The predicted molar refractivity (Wildman–Crippen MR) is 92.0 cm³/mol. The Bertz CT molecular complexity index is 603. The minimum atomic E-state index is -0.609. The summed E-state index contributed by atoms with van der Waals surface area (Å²) in [5.74, 6) is -1.10. The number of ether oxygens (including phenoxy) is 1. The first-order valence-corrected chi connectivity index (χ1v) is 9.01. The van der Waals surface area contributed by atoms with Gasteiger partial charge < -0.3 is 15.0 Å². The average Bonchev–Trinajstić information content (AvgIpc) is 2.97. The van der Waals surface area contributed by atoms with Crippen molar-refractivity contribution in [2.24, 2.45) is 0 Å². The van der Waals surface area contributed by atoms with Gasteiger partial charge in [0.2, 0.25) is 0 Å². The van der Waals surface area contributed by atoms with Gasteiger partial charge in [-0.3, -0.25) is 14.4 Å². The lowest BCUT2D eigenvalue weighted by atomic mass is 9.97. The number of nitrogens with one attached hydrogen (secondary N) is 1. The fraction of sp³-hybridized carbons (Fsp3) is 0.588. The Morgan fingerprint density at radius 3 is 2.50 bits per heavy atom. The second-order valence-corrected chi connectivity index (χ2v) is 7.47. The van der Waals surface area contributed by atoms with Crippen LogP contribution in [0.4, 0.5) is 0 Å². The Hall–Kier alpha value is -1.89. The Morgan fingerprint density at radius 2 is 1.92 bits per heavy atom. The molecule has 6 nitrogen and oxygen atoms in total. The first-order chi connectivity index (χ1) is 11.4. The number of esters is 1. The quantitative estimate of drug-likeness (QED) is 0.824. The number of nitrogens with zero attached hydrogens (tertiary/aromatic N) is 1. The van der Waals surface area contributed by atoms with Crippen molar-refractivity contribution < 1.29 is 19.1 Å². The first kappa shape index (κ1) is 18.4. The van der Waals surface area contributed by atoms with E-state index in [4.69, 9.17) is 4.74 Å². The highest BCUT2D eigenvalue weighted by Gasteiger charge is 2.29. The molecule has 0 saturated carbocycles. The molecule has 0 aliphatic carbocycles. The van der Waals surface area contributed by atoms with Gasteiger partial charge in [0.25, 0.3) is 11.8 Å². The average molecular weight is 352 g/mol. The van der Waals surface area contributed by atoms with Crippen molar-refractivity contribution in [3.8, 4) is 0 Å². The zero-order valence-corrected chi connectivity index (χ0v) is 15.1. The molecular formula is C17H24N2O4S. The maximum Gasteiger partial charge on any atom is 0.325 e. The fourth-order valence-corrected chi connectivity index (χ4v) is 3.76. The summed E-state index contributed by atoms with van der Waals surface area (Å²) in [5, 5.41) is 2.50. The molecule has 2 rings (SSSR count). The standard InChI is InChI=1S/C17H24N2O4S/c1-11-5-4-6-12(2)19(11)15(20)10-23-16(21)9-18-17(22)14-8-7-13(3)24-14/h7-8,11-12H,4-6,9-10H2,1-3H3,(H,18,22). The zero-order valence-electron chi connectivity index (χ0n) is 14.3. The van der Waals surface area contributed by atoms with Crippen LogP contribution in [0.3, 0.4) is 0 Å². The number of hydrogen-bond donors (Lipinski definition) is 1. The van der Waals surface area contributed by atoms with Crippen molar-refractivity contribution in [3.63, 3.8) is 0 Å². The minimum absolute atomic E-state index is 0.168. The summed E-state index contributed by atoms with van der Waals surface area (Å²) in [6.45, 7) is 5.41. The van der Waals surface area contributed by atoms with Gasteiger partial charge in [-0.15, -0.1) is 11.3 Å². The largest absolute Gasteiger partial charge is 0.454 e. The van der Waals surface area contributed by atoms with Gasteiger partial charge >= 0.3 is 5.97 Å². The molecule has 1 N–H and O–H groups in total. The number of likely N-dealkylation sites (tertiary alicyclic amines) is 1. The monoisotopic (exact) mass is 352 g/mol. The Morgan fingerprint density at radius 1 is 1.25 bits per heavy atom. The van der Waals surface area contributed by atoms with Crippen molar-refractivity contribution in [2.75, 3.05) is 13.2 Å². The van der Waals surface area contributed by atoms with Gasteiger partial charge in [0.05, 0.1) is 4.88 Å². The second kappa shape index (κ2) is 8.28. The van der Waals surface area contributed by atoms with Crippen LogP contribution in [-0.2, 0) is 14.3 Å². The summed E-state index contributed by atoms with van der Waals surface area (Å²) < 4.78 is 5.00. The topological polar surface area (TPSA) is 75.7 Å². The zero-order chi connectivity index (χ0) is 17.7. The Kier molecular flexibility index (Phi) is 6.36. The molecule has 1 fully saturated rings. The molecule has 24 heavy (non-hydrogen) atoms. The third-order valence-electron chi connectivity index (χ3n) is 4.20. The van der Waals surface area contributed by atoms with Crippen LogP contribution >= 0.6 is 11.3 Å². The molecule has 132 valence electrons. The molecule has 1 aliphatic rings. The van der Waals surface area contributed by atoms with Gasteiger partial charge in [-0.25, -0.2) is 0 Å². The predicted octanol–water partition coefficient (Wildman–Crippen LogP) is 2.12. The van der Waals surface area contributed by atoms with Crippen LogP contribution in [0.1, 0.15) is 47.7 Å². The first-order valence-electron chi connectivity index (χ1n) is 8.20. The third kappa shape index (κ3) is 4.80. The van der Waals surface area contributed by atoms with E-state index >= 15 is 0 Å². The van der Waals surface area contributed by atoms with E-state index in [1.807, 2.05) is 26.8 Å². The van der Waals surface area contributed by atoms with Crippen LogP contribution in [0.25, 0.3) is 0 Å². The van der Waals surface area contributed by atoms with Crippen molar-refractivity contribution in [1.82, 2.24) is 10.2 Å². The van der Waals surface area contributed by atoms with E-state index in [-0.39, 0.29) is 37.0 Å².